The third-order valence-electron chi connectivity index (χ3n) is 8.08. The van der Waals surface area contributed by atoms with E-state index < -0.39 is 29.5 Å². The fraction of sp³-hybridized carbons (Fsp3) is 0.500. The minimum atomic E-state index is -0.748. The molecule has 262 valence electrons. The summed E-state index contributed by atoms with van der Waals surface area (Å²) in [6, 6.07) is 11.5. The predicted molar refractivity (Wildman–Crippen MR) is 187 cm³/mol. The van der Waals surface area contributed by atoms with Gasteiger partial charge in [-0.15, -0.1) is 0 Å². The number of ether oxygens (including phenoxy) is 2. The van der Waals surface area contributed by atoms with Crippen LogP contribution in [0.25, 0.3) is 16.9 Å². The molecule has 0 radical (unpaired) electrons. The lowest BCUT2D eigenvalue weighted by Crippen LogP contribution is -2.49. The summed E-state index contributed by atoms with van der Waals surface area (Å²) in [5.74, 6) is 0.995. The zero-order chi connectivity index (χ0) is 35.5. The summed E-state index contributed by atoms with van der Waals surface area (Å²) < 4.78 is 13.1. The standard InChI is InChI=1S/C36H48N8O5/c1-23(2)27-19-40-44-31(17-30(41-32(27)44)38-18-26-14-16-42(21-29(26)45)33(46)48-35(3,4)5)43(34(47)49-36(6,7)8)20-24-9-11-25(12-10-24)28-13-15-37-22-39-28/h9-13,15,17,19,22-23,26,29,45H,14,16,18,20-21H2,1-8H3,(H,38,41)/t26-,29+/m1/s1. The third kappa shape index (κ3) is 9.02. The number of aromatic nitrogens is 5. The van der Waals surface area contributed by atoms with E-state index in [1.54, 1.807) is 32.8 Å². The van der Waals surface area contributed by atoms with Gasteiger partial charge in [0.05, 0.1) is 31.1 Å². The average Bonchev–Trinajstić information content (AvgIpc) is 3.46. The highest BCUT2D eigenvalue weighted by molar-refractivity contribution is 5.88. The molecule has 1 saturated heterocycles. The second kappa shape index (κ2) is 14.4. The Morgan fingerprint density at radius 2 is 1.78 bits per heavy atom. The van der Waals surface area contributed by atoms with E-state index in [0.717, 1.165) is 22.4 Å². The quantitative estimate of drug-likeness (QED) is 0.219. The van der Waals surface area contributed by atoms with E-state index in [4.69, 9.17) is 14.5 Å². The molecule has 0 aliphatic carbocycles. The summed E-state index contributed by atoms with van der Waals surface area (Å²) in [6.07, 6.45) is 3.87. The molecule has 13 heteroatoms. The number of fused-ring (bicyclic) bond motifs is 1. The van der Waals surface area contributed by atoms with Crippen molar-refractivity contribution in [3.05, 3.63) is 66.2 Å². The zero-order valence-corrected chi connectivity index (χ0v) is 29.7. The minimum absolute atomic E-state index is 0.122. The second-order valence-corrected chi connectivity index (χ2v) is 14.8. The van der Waals surface area contributed by atoms with Crippen LogP contribution in [0.5, 0.6) is 0 Å². The topological polar surface area (TPSA) is 147 Å². The van der Waals surface area contributed by atoms with Crippen LogP contribution in [0.2, 0.25) is 0 Å². The molecule has 4 heterocycles. The summed E-state index contributed by atoms with van der Waals surface area (Å²) in [5, 5.41) is 19.1. The molecule has 1 aromatic carbocycles. The van der Waals surface area contributed by atoms with Gasteiger partial charge in [0.15, 0.2) is 5.65 Å². The molecule has 2 amide bonds. The van der Waals surface area contributed by atoms with Crippen LogP contribution < -0.4 is 10.2 Å². The van der Waals surface area contributed by atoms with Crippen molar-refractivity contribution >= 4 is 29.5 Å². The number of hydrogen-bond donors (Lipinski definition) is 2. The van der Waals surface area contributed by atoms with Crippen LogP contribution in [0.15, 0.2) is 55.1 Å². The molecule has 2 atom stereocenters. The number of piperidine rings is 1. The minimum Gasteiger partial charge on any atom is -0.444 e. The van der Waals surface area contributed by atoms with Gasteiger partial charge in [-0.25, -0.2) is 24.5 Å². The van der Waals surface area contributed by atoms with Gasteiger partial charge in [-0.3, -0.25) is 4.90 Å². The van der Waals surface area contributed by atoms with E-state index in [-0.39, 0.29) is 24.9 Å². The SMILES string of the molecule is CC(C)c1cnn2c(N(Cc3ccc(-c4ccncn4)cc3)C(=O)OC(C)(C)C)cc(NC[C@H]3CCN(C(=O)OC(C)(C)C)C[C@@H]3O)nc12. The molecule has 1 aliphatic heterocycles. The first-order chi connectivity index (χ1) is 23.1. The van der Waals surface area contributed by atoms with E-state index in [0.29, 0.717) is 36.8 Å². The molecule has 0 spiro atoms. The Kier molecular flexibility index (Phi) is 10.4. The molecule has 0 bridgehead atoms. The van der Waals surface area contributed by atoms with Gasteiger partial charge in [-0.1, -0.05) is 38.1 Å². The Morgan fingerprint density at radius 3 is 2.39 bits per heavy atom. The Balaban J connectivity index is 1.43. The van der Waals surface area contributed by atoms with Crippen molar-refractivity contribution in [2.75, 3.05) is 29.9 Å². The van der Waals surface area contributed by atoms with Gasteiger partial charge in [-0.05, 0) is 65.5 Å². The van der Waals surface area contributed by atoms with Gasteiger partial charge >= 0.3 is 12.2 Å². The normalized spacial score (nSPS) is 16.9. The van der Waals surface area contributed by atoms with Gasteiger partial charge in [0.2, 0.25) is 0 Å². The van der Waals surface area contributed by atoms with Gasteiger partial charge in [0, 0.05) is 42.4 Å². The van der Waals surface area contributed by atoms with E-state index >= 15 is 0 Å². The highest BCUT2D eigenvalue weighted by atomic mass is 16.6. The van der Waals surface area contributed by atoms with Crippen LogP contribution >= 0.6 is 0 Å². The number of benzene rings is 1. The number of nitrogens with zero attached hydrogens (tertiary/aromatic N) is 7. The largest absolute Gasteiger partial charge is 0.444 e. The number of amides is 2. The number of aliphatic hydroxyl groups excluding tert-OH is 1. The van der Waals surface area contributed by atoms with Crippen molar-refractivity contribution in [1.82, 2.24) is 29.5 Å². The molecular weight excluding hydrogens is 624 g/mol. The number of hydrogen-bond acceptors (Lipinski definition) is 10. The maximum Gasteiger partial charge on any atom is 0.416 e. The third-order valence-corrected chi connectivity index (χ3v) is 8.08. The summed E-state index contributed by atoms with van der Waals surface area (Å²) in [6.45, 7) is 16.4. The molecule has 2 N–H and O–H groups in total. The van der Waals surface area contributed by atoms with E-state index in [9.17, 15) is 14.7 Å². The van der Waals surface area contributed by atoms with Crippen LogP contribution in [0.1, 0.15) is 78.9 Å². The number of carbonyl (C=O) groups is 2. The van der Waals surface area contributed by atoms with Crippen LogP contribution in [0.3, 0.4) is 0 Å². The maximum atomic E-state index is 13.9. The van der Waals surface area contributed by atoms with E-state index in [1.165, 1.54) is 6.33 Å². The first-order valence-electron chi connectivity index (χ1n) is 16.7. The zero-order valence-electron chi connectivity index (χ0n) is 29.7. The smallest absolute Gasteiger partial charge is 0.416 e. The van der Waals surface area contributed by atoms with Crippen molar-refractivity contribution in [2.45, 2.75) is 91.6 Å². The fourth-order valence-electron chi connectivity index (χ4n) is 5.58. The highest BCUT2D eigenvalue weighted by Crippen LogP contribution is 2.30. The van der Waals surface area contributed by atoms with Gasteiger partial charge < -0.3 is 24.8 Å². The van der Waals surface area contributed by atoms with E-state index in [1.807, 2.05) is 71.9 Å². The van der Waals surface area contributed by atoms with Crippen LogP contribution in [-0.2, 0) is 16.0 Å². The molecule has 0 unspecified atom stereocenters. The lowest BCUT2D eigenvalue weighted by atomic mass is 9.94. The summed E-state index contributed by atoms with van der Waals surface area (Å²) >= 11 is 0. The van der Waals surface area contributed by atoms with Crippen molar-refractivity contribution in [3.8, 4) is 11.3 Å². The average molecular weight is 673 g/mol. The number of likely N-dealkylation sites (tertiary alicyclic amines) is 1. The number of rotatable bonds is 8. The van der Waals surface area contributed by atoms with Gasteiger partial charge in [0.25, 0.3) is 0 Å². The number of aliphatic hydroxyl groups is 1. The summed E-state index contributed by atoms with van der Waals surface area (Å²) in [7, 11) is 0. The van der Waals surface area contributed by atoms with Crippen molar-refractivity contribution in [2.24, 2.45) is 5.92 Å². The van der Waals surface area contributed by atoms with Crippen molar-refractivity contribution in [3.63, 3.8) is 0 Å². The van der Waals surface area contributed by atoms with Crippen molar-refractivity contribution in [1.29, 1.82) is 0 Å². The van der Waals surface area contributed by atoms with Crippen LogP contribution in [0, 0.1) is 5.92 Å². The lowest BCUT2D eigenvalue weighted by molar-refractivity contribution is -0.0104. The molecule has 3 aromatic heterocycles. The van der Waals surface area contributed by atoms with Gasteiger partial charge in [0.1, 0.15) is 29.2 Å². The summed E-state index contributed by atoms with van der Waals surface area (Å²) in [4.78, 5) is 42.9. The molecule has 1 aliphatic rings. The number of nitrogens with one attached hydrogen (secondary N) is 1. The lowest BCUT2D eigenvalue weighted by Gasteiger charge is -2.36. The molecule has 0 saturated carbocycles. The molecular formula is C36H48N8O5. The van der Waals surface area contributed by atoms with Crippen LogP contribution in [-0.4, -0.2) is 83.7 Å². The van der Waals surface area contributed by atoms with Gasteiger partial charge in [-0.2, -0.15) is 9.61 Å². The number of carbonyl (C=O) groups excluding carboxylic acids is 2. The first-order valence-corrected chi connectivity index (χ1v) is 16.7. The molecule has 1 fully saturated rings. The fourth-order valence-corrected chi connectivity index (χ4v) is 5.58. The second-order valence-electron chi connectivity index (χ2n) is 14.8. The Morgan fingerprint density at radius 1 is 1.06 bits per heavy atom. The monoisotopic (exact) mass is 672 g/mol. The van der Waals surface area contributed by atoms with Crippen LogP contribution in [0.4, 0.5) is 21.2 Å². The number of anilines is 2. The molecule has 13 nitrogen and oxygen atoms in total. The van der Waals surface area contributed by atoms with E-state index in [2.05, 4.69) is 34.2 Å². The molecule has 5 rings (SSSR count). The highest BCUT2D eigenvalue weighted by Gasteiger charge is 2.33. The van der Waals surface area contributed by atoms with Crippen molar-refractivity contribution < 1.29 is 24.2 Å². The predicted octanol–water partition coefficient (Wildman–Crippen LogP) is 6.28. The maximum absolute atomic E-state index is 13.9. The Labute approximate surface area is 287 Å². The number of β-amino-alcohol motifs (C(OH)–C–C–N with tert-alkyl or cyclic N) is 1. The summed E-state index contributed by atoms with van der Waals surface area (Å²) in [5.41, 5.74) is 2.79. The Hall–Kier alpha value is -4.78. The molecule has 4 aromatic rings. The Bertz CT molecular complexity index is 1750. The molecule has 49 heavy (non-hydrogen) atoms. The first kappa shape index (κ1) is 35.5.